The van der Waals surface area contributed by atoms with Crippen molar-refractivity contribution >= 4 is 31.0 Å². The number of benzene rings is 1. The van der Waals surface area contributed by atoms with Crippen LogP contribution in [0.4, 0.5) is 30.6 Å². The molecule has 16 heteroatoms. The summed E-state index contributed by atoms with van der Waals surface area (Å²) < 4.78 is 70.6. The van der Waals surface area contributed by atoms with E-state index in [0.29, 0.717) is 28.1 Å². The normalized spacial score (nSPS) is 17.3. The van der Waals surface area contributed by atoms with Crippen molar-refractivity contribution in [1.82, 2.24) is 19.9 Å². The Morgan fingerprint density at radius 1 is 1.22 bits per heavy atom. The van der Waals surface area contributed by atoms with Crippen LogP contribution in [0.15, 0.2) is 47.8 Å². The number of alkyl halides is 3. The van der Waals surface area contributed by atoms with E-state index in [4.69, 9.17) is 13.8 Å². The average Bonchev–Trinajstić information content (AvgIpc) is 3.19. The number of hydrogen-bond donors (Lipinski definition) is 2. The van der Waals surface area contributed by atoms with Gasteiger partial charge < -0.3 is 39.6 Å². The summed E-state index contributed by atoms with van der Waals surface area (Å²) in [6.07, 6.45) is -3.15. The number of hydrogen-bond acceptors (Lipinski definition) is 11. The Labute approximate surface area is 234 Å². The average molecular weight is 598 g/mol. The number of anilines is 3. The van der Waals surface area contributed by atoms with Crippen molar-refractivity contribution in [3.8, 4) is 5.75 Å². The molecule has 222 valence electrons. The molecule has 1 amide bonds. The second-order valence-electron chi connectivity index (χ2n) is 9.04. The monoisotopic (exact) mass is 597 g/mol. The summed E-state index contributed by atoms with van der Waals surface area (Å²) in [6.45, 7) is 4.01. The van der Waals surface area contributed by atoms with Crippen molar-refractivity contribution in [3.63, 3.8) is 0 Å². The number of likely N-dealkylation sites (N-methyl/N-ethyl adjacent to an activating group) is 1. The molecule has 0 radical (unpaired) electrons. The van der Waals surface area contributed by atoms with Crippen LogP contribution in [0.3, 0.4) is 0 Å². The first-order chi connectivity index (χ1) is 19.4. The minimum absolute atomic E-state index is 0.0244. The largest absolute Gasteiger partial charge is 0.757 e. The highest BCUT2D eigenvalue weighted by atomic mass is 31.2. The fourth-order valence-corrected chi connectivity index (χ4v) is 6.08. The molecule has 1 unspecified atom stereocenters. The molecule has 1 aromatic heterocycles. The van der Waals surface area contributed by atoms with Gasteiger partial charge in [0.1, 0.15) is 23.3 Å². The predicted molar refractivity (Wildman–Crippen MR) is 144 cm³/mol. The summed E-state index contributed by atoms with van der Waals surface area (Å²) in [6, 6.07) is 4.76. The number of nitrogens with one attached hydrogen (secondary N) is 2. The first-order valence-corrected chi connectivity index (χ1v) is 14.3. The summed E-state index contributed by atoms with van der Waals surface area (Å²) in [5.74, 6) is -1.16. The molecule has 0 saturated heterocycles. The molecule has 4 rings (SSSR count). The number of nitrogens with zero attached hydrogens (tertiary/aromatic N) is 4. The number of methoxy groups -OCH3 is 1. The Hall–Kier alpha value is -3.65. The Balaban J connectivity index is 1.64. The smallest absolute Gasteiger partial charge is 0.421 e. The molecule has 0 fully saturated rings. The highest BCUT2D eigenvalue weighted by Gasteiger charge is 2.39. The van der Waals surface area contributed by atoms with Crippen LogP contribution < -0.4 is 15.4 Å². The van der Waals surface area contributed by atoms with Crippen LogP contribution in [0.5, 0.6) is 5.75 Å². The first-order valence-electron chi connectivity index (χ1n) is 12.5. The zero-order chi connectivity index (χ0) is 29.9. The molecule has 12 nitrogen and oxygen atoms in total. The third-order valence-corrected chi connectivity index (χ3v) is 8.24. The van der Waals surface area contributed by atoms with Crippen molar-refractivity contribution in [1.29, 1.82) is 0 Å². The molecule has 0 spiro atoms. The lowest BCUT2D eigenvalue weighted by molar-refractivity contribution is -0.137. The molecule has 0 saturated carbocycles. The van der Waals surface area contributed by atoms with Gasteiger partial charge in [-0.1, -0.05) is 6.07 Å². The van der Waals surface area contributed by atoms with Crippen LogP contribution in [-0.2, 0) is 30.7 Å². The van der Waals surface area contributed by atoms with Gasteiger partial charge in [-0.25, -0.2) is 4.98 Å². The van der Waals surface area contributed by atoms with Crippen LogP contribution >= 0.6 is 7.60 Å². The van der Waals surface area contributed by atoms with E-state index in [1.54, 1.807) is 32.0 Å². The Morgan fingerprint density at radius 3 is 2.56 bits per heavy atom. The van der Waals surface area contributed by atoms with E-state index in [1.807, 2.05) is 0 Å². The van der Waals surface area contributed by atoms with Crippen molar-refractivity contribution < 1.29 is 36.3 Å². The summed E-state index contributed by atoms with van der Waals surface area (Å²) in [4.78, 5) is 21.8. The Kier molecular flexibility index (Phi) is 8.92. The number of ether oxygens (including phenoxy) is 1. The molecular formula is C25H29F3N6O6P-. The minimum Gasteiger partial charge on any atom is -0.757 e. The number of carbonyl (C=O) groups excluding carboxylic acids is 1. The van der Waals surface area contributed by atoms with E-state index in [-0.39, 0.29) is 43.2 Å². The second kappa shape index (κ2) is 12.1. The van der Waals surface area contributed by atoms with E-state index in [2.05, 4.69) is 20.6 Å². The van der Waals surface area contributed by atoms with Gasteiger partial charge in [-0.2, -0.15) is 18.2 Å². The summed E-state index contributed by atoms with van der Waals surface area (Å²) in [5.41, 5.74) is 0.209. The van der Waals surface area contributed by atoms with Gasteiger partial charge in [-0.15, -0.1) is 0 Å². The molecule has 41 heavy (non-hydrogen) atoms. The molecule has 3 heterocycles. The van der Waals surface area contributed by atoms with Gasteiger partial charge in [0.2, 0.25) is 5.95 Å². The topological polar surface area (TPSA) is 141 Å². The van der Waals surface area contributed by atoms with Crippen molar-refractivity contribution in [2.45, 2.75) is 32.4 Å². The van der Waals surface area contributed by atoms with Crippen LogP contribution in [-0.4, -0.2) is 65.9 Å². The predicted octanol–water partition coefficient (Wildman–Crippen LogP) is 4.85. The van der Waals surface area contributed by atoms with Crippen LogP contribution in [0.25, 0.3) is 0 Å². The van der Waals surface area contributed by atoms with E-state index in [9.17, 15) is 27.7 Å². The van der Waals surface area contributed by atoms with E-state index in [0.717, 1.165) is 6.20 Å². The zero-order valence-corrected chi connectivity index (χ0v) is 23.6. The van der Waals surface area contributed by atoms with Gasteiger partial charge in [-0.3, -0.25) is 9.36 Å². The van der Waals surface area contributed by atoms with Crippen LogP contribution in [0.1, 0.15) is 25.0 Å². The number of aromatic nitrogens is 2. The Morgan fingerprint density at radius 2 is 1.93 bits per heavy atom. The van der Waals surface area contributed by atoms with Gasteiger partial charge in [0.05, 0.1) is 37.7 Å². The maximum absolute atomic E-state index is 13.9. The van der Waals surface area contributed by atoms with Crippen molar-refractivity contribution in [2.24, 2.45) is 0 Å². The highest BCUT2D eigenvalue weighted by Crippen LogP contribution is 2.51. The first kappa shape index (κ1) is 30.3. The molecule has 2 aliphatic heterocycles. The highest BCUT2D eigenvalue weighted by molar-refractivity contribution is 7.53. The fourth-order valence-electron chi connectivity index (χ4n) is 4.40. The van der Waals surface area contributed by atoms with Crippen molar-refractivity contribution in [2.75, 3.05) is 44.5 Å². The molecule has 0 bridgehead atoms. The number of amides is 1. The van der Waals surface area contributed by atoms with Gasteiger partial charge in [0.15, 0.2) is 0 Å². The zero-order valence-electron chi connectivity index (χ0n) is 22.7. The maximum atomic E-state index is 13.9. The standard InChI is InChI=1S/C25H29F3N6O6P/c1-5-39-41(37,40-6-2)14-15-7-8-18(19(11-15)38-4)30-24-29-12-17(25(26,27)28)21(32-24)31-22-20-16(9-10-34(22)36)13-33(3)23(20)35/h7-12,22H,5-6,13-14H2,1-4H3,(H2,29,30,31,32)/q-1. The number of carbonyl (C=O) groups is 1. The van der Waals surface area contributed by atoms with E-state index in [1.165, 1.54) is 25.1 Å². The minimum atomic E-state index is -4.86. The lowest BCUT2D eigenvalue weighted by Crippen LogP contribution is -2.41. The summed E-state index contributed by atoms with van der Waals surface area (Å²) >= 11 is 0. The van der Waals surface area contributed by atoms with Gasteiger partial charge >= 0.3 is 13.8 Å². The molecule has 1 atom stereocenters. The van der Waals surface area contributed by atoms with E-state index >= 15 is 0 Å². The SMILES string of the molecule is CCOP(=O)(Cc1ccc(Nc2ncc(C(F)(F)F)c(NC3C4=C(C=CN3[O-])CN(C)C4=O)n2)c(OC)c1)OCC. The van der Waals surface area contributed by atoms with Gasteiger partial charge in [0, 0.05) is 19.8 Å². The van der Waals surface area contributed by atoms with Crippen LogP contribution in [0, 0.1) is 5.21 Å². The number of rotatable bonds is 11. The molecule has 0 aliphatic carbocycles. The maximum Gasteiger partial charge on any atom is 0.421 e. The molecule has 2 aliphatic rings. The van der Waals surface area contributed by atoms with Crippen molar-refractivity contribution in [3.05, 3.63) is 64.2 Å². The Bertz CT molecular complexity index is 1410. The lowest BCUT2D eigenvalue weighted by atomic mass is 10.0. The van der Waals surface area contributed by atoms with Crippen LogP contribution in [0.2, 0.25) is 0 Å². The van der Waals surface area contributed by atoms with E-state index < -0.39 is 37.2 Å². The summed E-state index contributed by atoms with van der Waals surface area (Å²) in [5, 5.41) is 18.3. The molecule has 2 N–H and O–H groups in total. The molecular weight excluding hydrogens is 568 g/mol. The number of hydroxylamine groups is 2. The molecule has 1 aromatic carbocycles. The molecule has 2 aromatic rings. The second-order valence-corrected chi connectivity index (χ2v) is 11.1. The number of halogens is 3. The lowest BCUT2D eigenvalue weighted by Gasteiger charge is -2.39. The summed E-state index contributed by atoms with van der Waals surface area (Å²) in [7, 11) is -0.488. The third-order valence-electron chi connectivity index (χ3n) is 6.19. The van der Waals surface area contributed by atoms with Gasteiger partial charge in [-0.05, 0) is 49.4 Å². The quantitative estimate of drug-likeness (QED) is 0.344. The van der Waals surface area contributed by atoms with Gasteiger partial charge in [0.25, 0.3) is 5.91 Å². The fraction of sp³-hybridized carbons (Fsp3) is 0.400. The third kappa shape index (κ3) is 6.64.